The highest BCUT2D eigenvalue weighted by molar-refractivity contribution is 4.95. The van der Waals surface area contributed by atoms with Crippen LogP contribution in [0.15, 0.2) is 0 Å². The maximum absolute atomic E-state index is 5.41. The molecule has 0 spiro atoms. The van der Waals surface area contributed by atoms with Gasteiger partial charge >= 0.3 is 0 Å². The van der Waals surface area contributed by atoms with Crippen LogP contribution in [0, 0.1) is 11.8 Å². The largest absolute Gasteiger partial charge is 0.381 e. The molecule has 1 heterocycles. The Morgan fingerprint density at radius 2 is 2.36 bits per heavy atom. The van der Waals surface area contributed by atoms with Crippen molar-refractivity contribution in [2.75, 3.05) is 13.2 Å². The molecule has 0 aromatic heterocycles. The van der Waals surface area contributed by atoms with Gasteiger partial charge in [-0.05, 0) is 38.0 Å². The summed E-state index contributed by atoms with van der Waals surface area (Å²) in [6.07, 6.45) is 5.40. The number of hydrogen-bond acceptors (Lipinski definition) is 2. The molecule has 4 atom stereocenters. The molecule has 0 bridgehead atoms. The summed E-state index contributed by atoms with van der Waals surface area (Å²) >= 11 is 0. The predicted molar refractivity (Wildman–Crippen MR) is 58.3 cm³/mol. The lowest BCUT2D eigenvalue weighted by Crippen LogP contribution is -2.36. The van der Waals surface area contributed by atoms with Crippen LogP contribution in [0.2, 0.25) is 0 Å². The molecule has 1 aliphatic carbocycles. The van der Waals surface area contributed by atoms with Crippen LogP contribution in [-0.4, -0.2) is 25.3 Å². The zero-order valence-corrected chi connectivity index (χ0v) is 9.46. The molecule has 0 amide bonds. The second kappa shape index (κ2) is 4.63. The van der Waals surface area contributed by atoms with Crippen LogP contribution in [0.1, 0.15) is 39.5 Å². The van der Waals surface area contributed by atoms with Gasteiger partial charge in [0.2, 0.25) is 0 Å². The van der Waals surface area contributed by atoms with Crippen molar-refractivity contribution in [2.24, 2.45) is 11.8 Å². The van der Waals surface area contributed by atoms with Crippen molar-refractivity contribution in [3.05, 3.63) is 0 Å². The van der Waals surface area contributed by atoms with Gasteiger partial charge in [-0.15, -0.1) is 0 Å². The molecule has 0 radical (unpaired) electrons. The van der Waals surface area contributed by atoms with Gasteiger partial charge in [-0.25, -0.2) is 0 Å². The summed E-state index contributed by atoms with van der Waals surface area (Å²) < 4.78 is 5.41. The highest BCUT2D eigenvalue weighted by Gasteiger charge is 2.37. The van der Waals surface area contributed by atoms with E-state index in [2.05, 4.69) is 19.2 Å². The third-order valence-electron chi connectivity index (χ3n) is 3.73. The number of hydrogen-bond donors (Lipinski definition) is 1. The van der Waals surface area contributed by atoms with E-state index in [1.165, 1.54) is 25.7 Å². The molecule has 82 valence electrons. The first-order chi connectivity index (χ1) is 6.81. The van der Waals surface area contributed by atoms with Crippen LogP contribution < -0.4 is 5.32 Å². The summed E-state index contributed by atoms with van der Waals surface area (Å²) in [5, 5.41) is 3.75. The van der Waals surface area contributed by atoms with Gasteiger partial charge in [0.1, 0.15) is 0 Å². The monoisotopic (exact) mass is 197 g/mol. The molecule has 2 aliphatic rings. The molecule has 2 nitrogen and oxygen atoms in total. The normalized spacial score (nSPS) is 38.6. The molecule has 1 N–H and O–H groups in total. The van der Waals surface area contributed by atoms with E-state index < -0.39 is 0 Å². The quantitative estimate of drug-likeness (QED) is 0.729. The van der Waals surface area contributed by atoms with E-state index in [1.807, 2.05) is 0 Å². The standard InChI is InChI=1S/C12H23NO/c1-3-4-10-7-12(10)13-9(2)11-5-6-14-8-11/h9-13H,3-8H2,1-2H3. The molecule has 1 aliphatic heterocycles. The van der Waals surface area contributed by atoms with Crippen LogP contribution in [-0.2, 0) is 4.74 Å². The molecule has 2 rings (SSSR count). The van der Waals surface area contributed by atoms with Gasteiger partial charge in [-0.2, -0.15) is 0 Å². The Kier molecular flexibility index (Phi) is 3.45. The van der Waals surface area contributed by atoms with Crippen LogP contribution in [0.5, 0.6) is 0 Å². The number of rotatable bonds is 5. The van der Waals surface area contributed by atoms with Crippen molar-refractivity contribution in [1.29, 1.82) is 0 Å². The van der Waals surface area contributed by atoms with E-state index in [0.717, 1.165) is 31.1 Å². The van der Waals surface area contributed by atoms with Gasteiger partial charge in [0.25, 0.3) is 0 Å². The third-order valence-corrected chi connectivity index (χ3v) is 3.73. The van der Waals surface area contributed by atoms with Crippen molar-refractivity contribution in [3.63, 3.8) is 0 Å². The Labute approximate surface area is 87.4 Å². The van der Waals surface area contributed by atoms with Gasteiger partial charge < -0.3 is 10.1 Å². The Morgan fingerprint density at radius 1 is 1.50 bits per heavy atom. The van der Waals surface area contributed by atoms with Gasteiger partial charge in [0.05, 0.1) is 6.61 Å². The Morgan fingerprint density at radius 3 is 3.00 bits per heavy atom. The van der Waals surface area contributed by atoms with Gasteiger partial charge in [-0.3, -0.25) is 0 Å². The fourth-order valence-electron chi connectivity index (χ4n) is 2.56. The van der Waals surface area contributed by atoms with E-state index in [0.29, 0.717) is 6.04 Å². The van der Waals surface area contributed by atoms with E-state index >= 15 is 0 Å². The Hall–Kier alpha value is -0.0800. The first-order valence-electron chi connectivity index (χ1n) is 6.15. The van der Waals surface area contributed by atoms with Crippen molar-refractivity contribution >= 4 is 0 Å². The zero-order valence-electron chi connectivity index (χ0n) is 9.46. The number of ether oxygens (including phenoxy) is 1. The fourth-order valence-corrected chi connectivity index (χ4v) is 2.56. The summed E-state index contributed by atoms with van der Waals surface area (Å²) in [4.78, 5) is 0. The summed E-state index contributed by atoms with van der Waals surface area (Å²) in [5.41, 5.74) is 0. The summed E-state index contributed by atoms with van der Waals surface area (Å²) in [5.74, 6) is 1.74. The molecule has 4 unspecified atom stereocenters. The average molecular weight is 197 g/mol. The van der Waals surface area contributed by atoms with E-state index in [1.54, 1.807) is 0 Å². The van der Waals surface area contributed by atoms with E-state index in [9.17, 15) is 0 Å². The third kappa shape index (κ3) is 2.48. The van der Waals surface area contributed by atoms with Crippen molar-refractivity contribution in [2.45, 2.75) is 51.6 Å². The molecule has 0 aromatic carbocycles. The topological polar surface area (TPSA) is 21.3 Å². The Balaban J connectivity index is 1.65. The lowest BCUT2D eigenvalue weighted by Gasteiger charge is -2.19. The molecule has 0 aromatic rings. The lowest BCUT2D eigenvalue weighted by atomic mass is 10.0. The zero-order chi connectivity index (χ0) is 9.97. The highest BCUT2D eigenvalue weighted by atomic mass is 16.5. The molecule has 2 heteroatoms. The smallest absolute Gasteiger partial charge is 0.0509 e. The average Bonchev–Trinajstić information content (AvgIpc) is 2.71. The second-order valence-corrected chi connectivity index (χ2v) is 4.97. The predicted octanol–water partition coefficient (Wildman–Crippen LogP) is 2.19. The van der Waals surface area contributed by atoms with Gasteiger partial charge in [0.15, 0.2) is 0 Å². The van der Waals surface area contributed by atoms with E-state index in [4.69, 9.17) is 4.74 Å². The van der Waals surface area contributed by atoms with Crippen molar-refractivity contribution in [1.82, 2.24) is 5.32 Å². The van der Waals surface area contributed by atoms with Gasteiger partial charge in [-0.1, -0.05) is 13.3 Å². The first-order valence-corrected chi connectivity index (χ1v) is 6.15. The highest BCUT2D eigenvalue weighted by Crippen LogP contribution is 2.35. The molecular formula is C12H23NO. The number of nitrogens with one attached hydrogen (secondary N) is 1. The fraction of sp³-hybridized carbons (Fsp3) is 1.00. The lowest BCUT2D eigenvalue weighted by molar-refractivity contribution is 0.178. The molecule has 14 heavy (non-hydrogen) atoms. The van der Waals surface area contributed by atoms with Crippen LogP contribution in [0.4, 0.5) is 0 Å². The van der Waals surface area contributed by atoms with Gasteiger partial charge in [0, 0.05) is 18.7 Å². The molecule has 2 fully saturated rings. The minimum Gasteiger partial charge on any atom is -0.381 e. The SMILES string of the molecule is CCCC1CC1NC(C)C1CCOC1. The Bertz CT molecular complexity index is 177. The molecule has 1 saturated heterocycles. The minimum atomic E-state index is 0.657. The van der Waals surface area contributed by atoms with Crippen LogP contribution in [0.3, 0.4) is 0 Å². The maximum Gasteiger partial charge on any atom is 0.0509 e. The van der Waals surface area contributed by atoms with Crippen molar-refractivity contribution in [3.8, 4) is 0 Å². The summed E-state index contributed by atoms with van der Waals surface area (Å²) in [6.45, 7) is 6.55. The van der Waals surface area contributed by atoms with Crippen molar-refractivity contribution < 1.29 is 4.74 Å². The molecule has 1 saturated carbocycles. The van der Waals surface area contributed by atoms with Crippen LogP contribution in [0.25, 0.3) is 0 Å². The first kappa shape index (κ1) is 10.4. The second-order valence-electron chi connectivity index (χ2n) is 4.97. The molecular weight excluding hydrogens is 174 g/mol. The maximum atomic E-state index is 5.41. The summed E-state index contributed by atoms with van der Waals surface area (Å²) in [6, 6.07) is 1.48. The van der Waals surface area contributed by atoms with E-state index in [-0.39, 0.29) is 0 Å². The minimum absolute atomic E-state index is 0.657. The van der Waals surface area contributed by atoms with Crippen LogP contribution >= 0.6 is 0 Å². The summed E-state index contributed by atoms with van der Waals surface area (Å²) in [7, 11) is 0.